The van der Waals surface area contributed by atoms with Gasteiger partial charge in [-0.25, -0.2) is 0 Å². The maximum absolute atomic E-state index is 10.8. The van der Waals surface area contributed by atoms with Gasteiger partial charge in [0.2, 0.25) is 0 Å². The highest BCUT2D eigenvalue weighted by molar-refractivity contribution is 9.10. The van der Waals surface area contributed by atoms with Gasteiger partial charge in [0, 0.05) is 47.6 Å². The van der Waals surface area contributed by atoms with E-state index in [-0.39, 0.29) is 6.29 Å². The van der Waals surface area contributed by atoms with Gasteiger partial charge in [0.25, 0.3) is 0 Å². The van der Waals surface area contributed by atoms with Crippen molar-refractivity contribution in [1.82, 2.24) is 0 Å². The first-order chi connectivity index (χ1) is 14.1. The average molecular weight is 467 g/mol. The highest BCUT2D eigenvalue weighted by atomic mass is 79.9. The van der Waals surface area contributed by atoms with Gasteiger partial charge in [-0.15, -0.1) is 0 Å². The quantitative estimate of drug-likeness (QED) is 0.296. The van der Waals surface area contributed by atoms with Gasteiger partial charge in [0.15, 0.2) is 18.9 Å². The van der Waals surface area contributed by atoms with Gasteiger partial charge in [-0.05, 0) is 33.8 Å². The highest BCUT2D eigenvalue weighted by Crippen LogP contribution is 2.26. The summed E-state index contributed by atoms with van der Waals surface area (Å²) in [4.78, 5) is 10.8. The highest BCUT2D eigenvalue weighted by Gasteiger charge is 2.15. The lowest BCUT2D eigenvalue weighted by atomic mass is 10.1. The summed E-state index contributed by atoms with van der Waals surface area (Å²) in [7, 11) is 0. The molecule has 0 bridgehead atoms. The van der Waals surface area contributed by atoms with Crippen molar-refractivity contribution in [3.05, 3.63) is 69.7 Å². The van der Waals surface area contributed by atoms with Crippen molar-refractivity contribution in [2.24, 2.45) is 0 Å². The third-order valence-electron chi connectivity index (χ3n) is 3.81. The molecule has 0 spiro atoms. The Bertz CT molecular complexity index is 695. The monoisotopic (exact) mass is 466 g/mol. The molecule has 2 aromatic rings. The van der Waals surface area contributed by atoms with Gasteiger partial charge in [-0.2, -0.15) is 0 Å². The fraction of sp³-hybridized carbons (Fsp3) is 0.435. The molecule has 6 heteroatoms. The molecule has 0 aliphatic carbocycles. The van der Waals surface area contributed by atoms with Gasteiger partial charge < -0.3 is 18.9 Å². The van der Waals surface area contributed by atoms with Crippen molar-refractivity contribution >= 4 is 22.2 Å². The fourth-order valence-corrected chi connectivity index (χ4v) is 3.03. The van der Waals surface area contributed by atoms with E-state index in [1.807, 2.05) is 70.2 Å². The molecule has 0 atom stereocenters. The zero-order valence-electron chi connectivity index (χ0n) is 17.6. The molecule has 0 unspecified atom stereocenters. The molecular formula is C23H31BrO5. The number of aldehydes is 1. The minimum Gasteiger partial charge on any atom is -0.349 e. The summed E-state index contributed by atoms with van der Waals surface area (Å²) in [6.45, 7) is 10.1. The molecule has 29 heavy (non-hydrogen) atoms. The third kappa shape index (κ3) is 8.76. The second kappa shape index (κ2) is 15.3. The number of hydrogen-bond donors (Lipinski definition) is 0. The standard InChI is InChI=1S/C12H16O3.C11H15BrO2/c1-3-14-12(15-4-2)11-8-6-5-7-10(11)9-13;1-3-13-11(14-4-2)9-7-5-6-8-10(9)12/h5-9,12H,3-4H2,1-2H3;5-8,11H,3-4H2,1-2H3. The normalized spacial score (nSPS) is 10.7. The fourth-order valence-electron chi connectivity index (χ4n) is 2.56. The van der Waals surface area contributed by atoms with E-state index >= 15 is 0 Å². The molecule has 0 saturated heterocycles. The molecular weight excluding hydrogens is 436 g/mol. The molecule has 0 aliphatic rings. The van der Waals surface area contributed by atoms with Gasteiger partial charge >= 0.3 is 0 Å². The van der Waals surface area contributed by atoms with Crippen LogP contribution in [0.1, 0.15) is 61.8 Å². The van der Waals surface area contributed by atoms with Crippen LogP contribution < -0.4 is 0 Å². The molecule has 2 aromatic carbocycles. The second-order valence-corrected chi connectivity index (χ2v) is 6.61. The summed E-state index contributed by atoms with van der Waals surface area (Å²) in [5, 5.41) is 0. The van der Waals surface area contributed by atoms with Gasteiger partial charge in [-0.3, -0.25) is 4.79 Å². The Labute approximate surface area is 182 Å². The van der Waals surface area contributed by atoms with Crippen molar-refractivity contribution in [3.8, 4) is 0 Å². The van der Waals surface area contributed by atoms with Crippen LogP contribution in [0.3, 0.4) is 0 Å². The van der Waals surface area contributed by atoms with Gasteiger partial charge in [0.1, 0.15) is 0 Å². The van der Waals surface area contributed by atoms with Crippen molar-refractivity contribution in [3.63, 3.8) is 0 Å². The number of carbonyl (C=O) groups is 1. The zero-order chi connectivity index (χ0) is 21.5. The maximum atomic E-state index is 10.8. The number of hydrogen-bond acceptors (Lipinski definition) is 5. The summed E-state index contributed by atoms with van der Waals surface area (Å²) >= 11 is 3.48. The molecule has 0 aromatic heterocycles. The Morgan fingerprint density at radius 1 is 0.724 bits per heavy atom. The first-order valence-electron chi connectivity index (χ1n) is 9.87. The number of halogens is 1. The van der Waals surface area contributed by atoms with Crippen molar-refractivity contribution in [1.29, 1.82) is 0 Å². The summed E-state index contributed by atoms with van der Waals surface area (Å²) in [5.41, 5.74) is 2.44. The lowest BCUT2D eigenvalue weighted by Crippen LogP contribution is -2.10. The zero-order valence-corrected chi connectivity index (χ0v) is 19.2. The van der Waals surface area contributed by atoms with Crippen LogP contribution in [0.5, 0.6) is 0 Å². The predicted molar refractivity (Wildman–Crippen MR) is 118 cm³/mol. The molecule has 0 heterocycles. The topological polar surface area (TPSA) is 54.0 Å². The lowest BCUT2D eigenvalue weighted by Gasteiger charge is -2.18. The molecule has 0 radical (unpaired) electrons. The Hall–Kier alpha value is -1.57. The van der Waals surface area contributed by atoms with E-state index in [0.29, 0.717) is 32.0 Å². The van der Waals surface area contributed by atoms with E-state index < -0.39 is 6.29 Å². The van der Waals surface area contributed by atoms with Crippen LogP contribution in [-0.4, -0.2) is 32.7 Å². The van der Waals surface area contributed by atoms with Crippen LogP contribution in [0.2, 0.25) is 0 Å². The van der Waals surface area contributed by atoms with Crippen molar-refractivity contribution in [2.45, 2.75) is 40.3 Å². The van der Waals surface area contributed by atoms with E-state index in [9.17, 15) is 4.79 Å². The van der Waals surface area contributed by atoms with E-state index in [1.165, 1.54) is 0 Å². The summed E-state index contributed by atoms with van der Waals surface area (Å²) in [6, 6.07) is 15.2. The molecule has 0 N–H and O–H groups in total. The van der Waals surface area contributed by atoms with E-state index in [2.05, 4.69) is 15.9 Å². The van der Waals surface area contributed by atoms with E-state index in [0.717, 1.165) is 21.9 Å². The van der Waals surface area contributed by atoms with Crippen LogP contribution in [0.4, 0.5) is 0 Å². The number of carbonyl (C=O) groups excluding carboxylic acids is 1. The maximum Gasteiger partial charge on any atom is 0.184 e. The summed E-state index contributed by atoms with van der Waals surface area (Å²) in [5.74, 6) is 0. The van der Waals surface area contributed by atoms with Crippen molar-refractivity contribution in [2.75, 3.05) is 26.4 Å². The minimum atomic E-state index is -0.443. The molecule has 0 amide bonds. The van der Waals surface area contributed by atoms with Crippen LogP contribution in [-0.2, 0) is 18.9 Å². The van der Waals surface area contributed by atoms with Crippen molar-refractivity contribution < 1.29 is 23.7 Å². The Kier molecular flexibility index (Phi) is 13.4. The average Bonchev–Trinajstić information content (AvgIpc) is 2.74. The number of benzene rings is 2. The molecule has 0 fully saturated rings. The number of ether oxygens (including phenoxy) is 4. The third-order valence-corrected chi connectivity index (χ3v) is 4.53. The van der Waals surface area contributed by atoms with Crippen LogP contribution >= 0.6 is 15.9 Å². The van der Waals surface area contributed by atoms with E-state index in [1.54, 1.807) is 6.07 Å². The van der Waals surface area contributed by atoms with Gasteiger partial charge in [-0.1, -0.05) is 58.4 Å². The second-order valence-electron chi connectivity index (χ2n) is 5.75. The summed E-state index contributed by atoms with van der Waals surface area (Å²) in [6.07, 6.45) is 0.113. The Morgan fingerprint density at radius 3 is 1.59 bits per heavy atom. The Balaban J connectivity index is 0.000000291. The van der Waals surface area contributed by atoms with Crippen LogP contribution in [0, 0.1) is 0 Å². The minimum absolute atomic E-state index is 0.263. The first-order valence-corrected chi connectivity index (χ1v) is 10.7. The first kappa shape index (κ1) is 25.5. The molecule has 160 valence electrons. The smallest absolute Gasteiger partial charge is 0.184 e. The lowest BCUT2D eigenvalue weighted by molar-refractivity contribution is -0.140. The molecule has 0 saturated carbocycles. The Morgan fingerprint density at radius 2 is 1.14 bits per heavy atom. The molecule has 5 nitrogen and oxygen atoms in total. The predicted octanol–water partition coefficient (Wildman–Crippen LogP) is 6.09. The molecule has 2 rings (SSSR count). The van der Waals surface area contributed by atoms with Crippen LogP contribution in [0.25, 0.3) is 0 Å². The molecule has 0 aliphatic heterocycles. The summed E-state index contributed by atoms with van der Waals surface area (Å²) < 4.78 is 22.9. The largest absolute Gasteiger partial charge is 0.349 e. The SMILES string of the molecule is CCOC(OCC)c1ccccc1Br.CCOC(OCC)c1ccccc1C=O. The van der Waals surface area contributed by atoms with Gasteiger partial charge in [0.05, 0.1) is 0 Å². The number of rotatable bonds is 11. The van der Waals surface area contributed by atoms with E-state index in [4.69, 9.17) is 18.9 Å². The van der Waals surface area contributed by atoms with Crippen LogP contribution in [0.15, 0.2) is 53.0 Å².